The minimum absolute atomic E-state index is 0.429. The van der Waals surface area contributed by atoms with Crippen molar-refractivity contribution in [2.45, 2.75) is 38.8 Å². The van der Waals surface area contributed by atoms with Crippen LogP contribution in [-0.4, -0.2) is 15.8 Å². The van der Waals surface area contributed by atoms with Gasteiger partial charge in [0.15, 0.2) is 0 Å². The van der Waals surface area contributed by atoms with Gasteiger partial charge in [0.1, 0.15) is 0 Å². The summed E-state index contributed by atoms with van der Waals surface area (Å²) in [7, 11) is 2.01. The Bertz CT molecular complexity index is 299. The smallest absolute Gasteiger partial charge is 0.0597 e. The lowest BCUT2D eigenvalue weighted by Crippen LogP contribution is -2.22. The van der Waals surface area contributed by atoms with Crippen LogP contribution in [0.2, 0.25) is 0 Å². The van der Waals surface area contributed by atoms with Gasteiger partial charge in [0.05, 0.1) is 11.4 Å². The fourth-order valence-electron chi connectivity index (χ4n) is 1.72. The van der Waals surface area contributed by atoms with E-state index in [0.717, 1.165) is 11.7 Å². The molecule has 1 aromatic heterocycles. The van der Waals surface area contributed by atoms with Crippen LogP contribution in [0, 0.1) is 6.92 Å². The molecule has 72 valence electrons. The van der Waals surface area contributed by atoms with Gasteiger partial charge >= 0.3 is 0 Å². The summed E-state index contributed by atoms with van der Waals surface area (Å²) in [6, 6.07) is 3.34. The molecule has 1 aliphatic carbocycles. The molecule has 0 aromatic carbocycles. The Labute approximate surface area is 79.1 Å². The highest BCUT2D eigenvalue weighted by Gasteiger charge is 2.24. The van der Waals surface area contributed by atoms with Gasteiger partial charge in [0.2, 0.25) is 0 Å². The Kier molecular flexibility index (Phi) is 2.12. The SMILES string of the molecule is Cc1cc(C(C)NC2CC2)n(C)n1. The van der Waals surface area contributed by atoms with Crippen LogP contribution in [0.25, 0.3) is 0 Å². The average molecular weight is 179 g/mol. The molecule has 2 rings (SSSR count). The molecular formula is C10H17N3. The van der Waals surface area contributed by atoms with Crippen LogP contribution in [0.1, 0.15) is 37.2 Å². The molecular weight excluding hydrogens is 162 g/mol. The summed E-state index contributed by atoms with van der Waals surface area (Å²) in [4.78, 5) is 0. The van der Waals surface area contributed by atoms with Gasteiger partial charge in [-0.15, -0.1) is 0 Å². The van der Waals surface area contributed by atoms with Crippen LogP contribution in [0.5, 0.6) is 0 Å². The molecule has 0 spiro atoms. The van der Waals surface area contributed by atoms with Crippen molar-refractivity contribution < 1.29 is 0 Å². The standard InChI is InChI=1S/C10H17N3/c1-7-6-10(13(3)12-7)8(2)11-9-4-5-9/h6,8-9,11H,4-5H2,1-3H3. The van der Waals surface area contributed by atoms with Crippen molar-refractivity contribution in [1.82, 2.24) is 15.1 Å². The molecule has 0 aliphatic heterocycles. The Morgan fingerprint density at radius 3 is 2.77 bits per heavy atom. The fourth-order valence-corrected chi connectivity index (χ4v) is 1.72. The highest BCUT2D eigenvalue weighted by atomic mass is 15.3. The van der Waals surface area contributed by atoms with Crippen molar-refractivity contribution in [3.8, 4) is 0 Å². The minimum Gasteiger partial charge on any atom is -0.306 e. The van der Waals surface area contributed by atoms with E-state index in [1.807, 2.05) is 18.7 Å². The van der Waals surface area contributed by atoms with Crippen molar-refractivity contribution in [3.63, 3.8) is 0 Å². The Hall–Kier alpha value is -0.830. The lowest BCUT2D eigenvalue weighted by atomic mass is 10.2. The second-order valence-corrected chi connectivity index (χ2v) is 4.00. The third-order valence-corrected chi connectivity index (χ3v) is 2.54. The summed E-state index contributed by atoms with van der Waals surface area (Å²) < 4.78 is 1.97. The monoisotopic (exact) mass is 179 g/mol. The van der Waals surface area contributed by atoms with E-state index in [-0.39, 0.29) is 0 Å². The van der Waals surface area contributed by atoms with Crippen LogP contribution in [0.3, 0.4) is 0 Å². The zero-order chi connectivity index (χ0) is 9.42. The fraction of sp³-hybridized carbons (Fsp3) is 0.700. The van der Waals surface area contributed by atoms with Gasteiger partial charge in [0.25, 0.3) is 0 Å². The highest BCUT2D eigenvalue weighted by Crippen LogP contribution is 2.23. The first-order chi connectivity index (χ1) is 6.16. The number of hydrogen-bond acceptors (Lipinski definition) is 2. The number of nitrogens with zero attached hydrogens (tertiary/aromatic N) is 2. The van der Waals surface area contributed by atoms with Gasteiger partial charge in [-0.25, -0.2) is 0 Å². The van der Waals surface area contributed by atoms with E-state index in [2.05, 4.69) is 23.4 Å². The number of aryl methyl sites for hydroxylation is 2. The molecule has 0 bridgehead atoms. The zero-order valence-corrected chi connectivity index (χ0v) is 8.54. The molecule has 1 saturated carbocycles. The van der Waals surface area contributed by atoms with Crippen molar-refractivity contribution in [2.24, 2.45) is 7.05 Å². The second-order valence-electron chi connectivity index (χ2n) is 4.00. The highest BCUT2D eigenvalue weighted by molar-refractivity contribution is 5.12. The Morgan fingerprint density at radius 1 is 1.62 bits per heavy atom. The third-order valence-electron chi connectivity index (χ3n) is 2.54. The maximum Gasteiger partial charge on any atom is 0.0597 e. The molecule has 3 heteroatoms. The minimum atomic E-state index is 0.429. The normalized spacial score (nSPS) is 19.0. The number of hydrogen-bond donors (Lipinski definition) is 1. The molecule has 1 fully saturated rings. The number of nitrogens with one attached hydrogen (secondary N) is 1. The van der Waals surface area contributed by atoms with Gasteiger partial charge in [-0.3, -0.25) is 4.68 Å². The molecule has 3 nitrogen and oxygen atoms in total. The topological polar surface area (TPSA) is 29.9 Å². The second kappa shape index (κ2) is 3.14. The molecule has 0 radical (unpaired) electrons. The van der Waals surface area contributed by atoms with E-state index >= 15 is 0 Å². The van der Waals surface area contributed by atoms with E-state index in [0.29, 0.717) is 6.04 Å². The molecule has 1 unspecified atom stereocenters. The zero-order valence-electron chi connectivity index (χ0n) is 8.54. The Morgan fingerprint density at radius 2 is 2.31 bits per heavy atom. The maximum atomic E-state index is 4.34. The number of aromatic nitrogens is 2. The summed E-state index contributed by atoms with van der Waals surface area (Å²) in [5, 5.41) is 7.90. The molecule has 1 atom stereocenters. The van der Waals surface area contributed by atoms with Gasteiger partial charge in [-0.1, -0.05) is 0 Å². The maximum absolute atomic E-state index is 4.34. The quantitative estimate of drug-likeness (QED) is 0.762. The summed E-state index contributed by atoms with van der Waals surface area (Å²) in [6.07, 6.45) is 2.67. The summed E-state index contributed by atoms with van der Waals surface area (Å²) in [6.45, 7) is 4.24. The molecule has 13 heavy (non-hydrogen) atoms. The van der Waals surface area contributed by atoms with Crippen molar-refractivity contribution in [2.75, 3.05) is 0 Å². The third kappa shape index (κ3) is 1.91. The van der Waals surface area contributed by atoms with E-state index in [4.69, 9.17) is 0 Å². The van der Waals surface area contributed by atoms with Crippen LogP contribution in [0.15, 0.2) is 6.07 Å². The van der Waals surface area contributed by atoms with E-state index in [1.165, 1.54) is 18.5 Å². The van der Waals surface area contributed by atoms with Crippen molar-refractivity contribution in [3.05, 3.63) is 17.5 Å². The van der Waals surface area contributed by atoms with Gasteiger partial charge in [-0.05, 0) is 32.8 Å². The van der Waals surface area contributed by atoms with E-state index in [9.17, 15) is 0 Å². The van der Waals surface area contributed by atoms with Gasteiger partial charge in [0, 0.05) is 19.1 Å². The molecule has 1 heterocycles. The predicted octanol–water partition coefficient (Wildman–Crippen LogP) is 1.54. The first-order valence-corrected chi connectivity index (χ1v) is 4.93. The molecule has 0 amide bonds. The first-order valence-electron chi connectivity index (χ1n) is 4.93. The molecule has 1 N–H and O–H groups in total. The summed E-state index contributed by atoms with van der Waals surface area (Å²) >= 11 is 0. The van der Waals surface area contributed by atoms with E-state index in [1.54, 1.807) is 0 Å². The first kappa shape index (κ1) is 8.75. The van der Waals surface area contributed by atoms with Crippen molar-refractivity contribution >= 4 is 0 Å². The number of rotatable bonds is 3. The molecule has 1 aromatic rings. The van der Waals surface area contributed by atoms with Gasteiger partial charge < -0.3 is 5.32 Å². The van der Waals surface area contributed by atoms with Crippen LogP contribution >= 0.6 is 0 Å². The largest absolute Gasteiger partial charge is 0.306 e. The average Bonchev–Trinajstić information content (AvgIpc) is 2.77. The van der Waals surface area contributed by atoms with Crippen LogP contribution in [0.4, 0.5) is 0 Å². The molecule has 0 saturated heterocycles. The van der Waals surface area contributed by atoms with Crippen LogP contribution < -0.4 is 5.32 Å². The summed E-state index contributed by atoms with van der Waals surface area (Å²) in [5.41, 5.74) is 2.38. The summed E-state index contributed by atoms with van der Waals surface area (Å²) in [5.74, 6) is 0. The van der Waals surface area contributed by atoms with E-state index < -0.39 is 0 Å². The lowest BCUT2D eigenvalue weighted by molar-refractivity contribution is 0.527. The van der Waals surface area contributed by atoms with Gasteiger partial charge in [-0.2, -0.15) is 5.10 Å². The predicted molar refractivity (Wildman–Crippen MR) is 52.5 cm³/mol. The lowest BCUT2D eigenvalue weighted by Gasteiger charge is -2.12. The Balaban J connectivity index is 2.08. The molecule has 1 aliphatic rings. The van der Waals surface area contributed by atoms with Crippen LogP contribution in [-0.2, 0) is 7.05 Å². The van der Waals surface area contributed by atoms with Crippen molar-refractivity contribution in [1.29, 1.82) is 0 Å².